The molecule has 7 nitrogen and oxygen atoms in total. The van der Waals surface area contributed by atoms with Crippen molar-refractivity contribution in [1.82, 2.24) is 0 Å². The number of nitro groups is 1. The second-order valence-electron chi connectivity index (χ2n) is 4.23. The molecule has 0 radical (unpaired) electrons. The number of hydrogen-bond acceptors (Lipinski definition) is 5. The molecule has 1 aromatic rings. The normalized spacial score (nSPS) is 19.4. The molecule has 1 aromatic carbocycles. The lowest BCUT2D eigenvalue weighted by Gasteiger charge is -2.16. The summed E-state index contributed by atoms with van der Waals surface area (Å²) in [5.74, 6) is -1.47. The molecule has 2 rings (SSSR count). The molecule has 1 atom stereocenters. The van der Waals surface area contributed by atoms with Crippen LogP contribution in [-0.2, 0) is 13.8 Å². The van der Waals surface area contributed by atoms with Crippen LogP contribution in [0.1, 0.15) is 6.42 Å². The maximum Gasteiger partial charge on any atom is 0.274 e. The summed E-state index contributed by atoms with van der Waals surface area (Å²) in [5, 5.41) is 9.53. The summed E-state index contributed by atoms with van der Waals surface area (Å²) in [4.78, 5) is 22.5. The number of non-ortho nitro benzene ring substituents is 1. The van der Waals surface area contributed by atoms with Gasteiger partial charge in [-0.2, -0.15) is 0 Å². The number of nitrogens with zero attached hydrogens (tertiary/aromatic N) is 2. The fourth-order valence-electron chi connectivity index (χ4n) is 1.93. The minimum atomic E-state index is -3.93. The minimum absolute atomic E-state index is 0.0653. The third-order valence-corrected chi connectivity index (χ3v) is 4.75. The molecule has 1 aliphatic heterocycles. The maximum atomic E-state index is 13.3. The van der Waals surface area contributed by atoms with Gasteiger partial charge < -0.3 is 4.90 Å². The van der Waals surface area contributed by atoms with E-state index >= 15 is 0 Å². The summed E-state index contributed by atoms with van der Waals surface area (Å²) >= 11 is 0. The topological polar surface area (TPSA) is 97.6 Å². The van der Waals surface area contributed by atoms with Gasteiger partial charge in [0, 0.05) is 29.7 Å². The lowest BCUT2D eigenvalue weighted by Crippen LogP contribution is -2.26. The Hall–Kier alpha value is -1.74. The number of halogens is 2. The van der Waals surface area contributed by atoms with Crippen LogP contribution in [-0.4, -0.2) is 31.0 Å². The van der Waals surface area contributed by atoms with E-state index in [1.54, 1.807) is 0 Å². The average Bonchev–Trinajstić information content (AvgIpc) is 2.70. The zero-order valence-electron chi connectivity index (χ0n) is 9.82. The van der Waals surface area contributed by atoms with Crippen LogP contribution >= 0.6 is 10.7 Å². The van der Waals surface area contributed by atoms with Crippen molar-refractivity contribution >= 4 is 37.0 Å². The van der Waals surface area contributed by atoms with Crippen LogP contribution in [0.4, 0.5) is 15.8 Å². The number of benzene rings is 1. The van der Waals surface area contributed by atoms with Gasteiger partial charge in [0.2, 0.25) is 15.0 Å². The van der Waals surface area contributed by atoms with E-state index in [4.69, 9.17) is 10.7 Å². The smallest absolute Gasteiger partial charge is 0.274 e. The fraction of sp³-hybridized carbons (Fsp3) is 0.300. The van der Waals surface area contributed by atoms with Crippen molar-refractivity contribution < 1.29 is 22.5 Å². The van der Waals surface area contributed by atoms with Gasteiger partial charge in [-0.05, 0) is 6.07 Å². The maximum absolute atomic E-state index is 13.3. The number of carbonyl (C=O) groups excluding carboxylic acids is 1. The minimum Gasteiger partial charge on any atom is -0.311 e. The van der Waals surface area contributed by atoms with E-state index in [-0.39, 0.29) is 18.7 Å². The van der Waals surface area contributed by atoms with Crippen LogP contribution in [0.25, 0.3) is 0 Å². The Labute approximate surface area is 117 Å². The van der Waals surface area contributed by atoms with Crippen LogP contribution in [0.5, 0.6) is 0 Å². The van der Waals surface area contributed by atoms with Gasteiger partial charge in [0.05, 0.1) is 16.7 Å². The summed E-state index contributed by atoms with van der Waals surface area (Å²) in [6.07, 6.45) is -0.337. The summed E-state index contributed by atoms with van der Waals surface area (Å²) in [6.45, 7) is -0.259. The molecule has 0 spiro atoms. The molecular weight excluding hydrogens is 315 g/mol. The van der Waals surface area contributed by atoms with Gasteiger partial charge in [-0.15, -0.1) is 0 Å². The van der Waals surface area contributed by atoms with Crippen molar-refractivity contribution in [2.75, 3.05) is 11.4 Å². The molecular formula is C10H8ClFN2O5S. The Morgan fingerprint density at radius 1 is 1.40 bits per heavy atom. The van der Waals surface area contributed by atoms with Gasteiger partial charge in [0.1, 0.15) is 11.1 Å². The van der Waals surface area contributed by atoms with Crippen molar-refractivity contribution in [2.24, 2.45) is 0 Å². The van der Waals surface area contributed by atoms with E-state index in [9.17, 15) is 27.7 Å². The van der Waals surface area contributed by atoms with E-state index in [1.165, 1.54) is 0 Å². The van der Waals surface area contributed by atoms with Gasteiger partial charge in [-0.1, -0.05) is 0 Å². The molecule has 0 aliphatic carbocycles. The van der Waals surface area contributed by atoms with Crippen LogP contribution < -0.4 is 4.90 Å². The Morgan fingerprint density at radius 3 is 2.55 bits per heavy atom. The first-order chi connectivity index (χ1) is 9.18. The molecule has 10 heteroatoms. The SMILES string of the molecule is O=C1CC(S(=O)(=O)Cl)CN1c1cc(F)cc([N+](=O)[O-])c1. The second-order valence-corrected chi connectivity index (χ2v) is 7.14. The quantitative estimate of drug-likeness (QED) is 0.476. The fourth-order valence-corrected chi connectivity index (χ4v) is 2.96. The first-order valence-corrected chi connectivity index (χ1v) is 7.74. The van der Waals surface area contributed by atoms with Crippen molar-refractivity contribution in [3.05, 3.63) is 34.1 Å². The number of amides is 1. The van der Waals surface area contributed by atoms with E-state index in [1.807, 2.05) is 0 Å². The summed E-state index contributed by atoms with van der Waals surface area (Å²) in [5.41, 5.74) is -0.588. The van der Waals surface area contributed by atoms with E-state index in [0.29, 0.717) is 6.07 Å². The lowest BCUT2D eigenvalue weighted by molar-refractivity contribution is -0.385. The lowest BCUT2D eigenvalue weighted by atomic mass is 10.2. The van der Waals surface area contributed by atoms with Crippen molar-refractivity contribution in [3.63, 3.8) is 0 Å². The summed E-state index contributed by atoms with van der Waals surface area (Å²) in [6, 6.07) is 2.64. The number of hydrogen-bond donors (Lipinski definition) is 0. The Bertz CT molecular complexity index is 693. The van der Waals surface area contributed by atoms with Gasteiger partial charge in [-0.25, -0.2) is 12.8 Å². The van der Waals surface area contributed by atoms with Gasteiger partial charge in [0.25, 0.3) is 5.69 Å². The molecule has 0 bridgehead atoms. The molecule has 1 heterocycles. The predicted molar refractivity (Wildman–Crippen MR) is 68.6 cm³/mol. The zero-order chi connectivity index (χ0) is 15.1. The van der Waals surface area contributed by atoms with Crippen LogP contribution in [0.15, 0.2) is 18.2 Å². The molecule has 1 saturated heterocycles. The highest BCUT2D eigenvalue weighted by Crippen LogP contribution is 2.29. The van der Waals surface area contributed by atoms with Crippen LogP contribution in [0, 0.1) is 15.9 Å². The third-order valence-electron chi connectivity index (χ3n) is 2.88. The molecule has 0 saturated carbocycles. The molecule has 0 N–H and O–H groups in total. The molecule has 1 aliphatic rings. The molecule has 108 valence electrons. The summed E-state index contributed by atoms with van der Waals surface area (Å²) < 4.78 is 35.7. The van der Waals surface area contributed by atoms with E-state index < -0.39 is 36.6 Å². The Balaban J connectivity index is 2.38. The number of nitro benzene ring substituents is 1. The highest BCUT2D eigenvalue weighted by molar-refractivity contribution is 8.14. The highest BCUT2D eigenvalue weighted by Gasteiger charge is 2.38. The first-order valence-electron chi connectivity index (χ1n) is 5.37. The standard InChI is InChI=1S/C10H8ClFN2O5S/c11-20(18,19)9-4-10(15)13(5-9)7-1-6(12)2-8(3-7)14(16)17/h1-3,9H,4-5H2. The van der Waals surface area contributed by atoms with E-state index in [0.717, 1.165) is 17.0 Å². The number of rotatable bonds is 3. The second kappa shape index (κ2) is 4.98. The van der Waals surface area contributed by atoms with Crippen molar-refractivity contribution in [1.29, 1.82) is 0 Å². The number of anilines is 1. The van der Waals surface area contributed by atoms with E-state index in [2.05, 4.69) is 0 Å². The average molecular weight is 323 g/mol. The molecule has 0 aromatic heterocycles. The van der Waals surface area contributed by atoms with Crippen LogP contribution in [0.3, 0.4) is 0 Å². The first kappa shape index (κ1) is 14.7. The third kappa shape index (κ3) is 2.88. The summed E-state index contributed by atoms with van der Waals surface area (Å²) in [7, 11) is 1.25. The van der Waals surface area contributed by atoms with Crippen molar-refractivity contribution in [3.8, 4) is 0 Å². The monoisotopic (exact) mass is 322 g/mol. The van der Waals surface area contributed by atoms with Crippen LogP contribution in [0.2, 0.25) is 0 Å². The van der Waals surface area contributed by atoms with Crippen molar-refractivity contribution in [2.45, 2.75) is 11.7 Å². The Morgan fingerprint density at radius 2 is 2.05 bits per heavy atom. The largest absolute Gasteiger partial charge is 0.311 e. The Kier molecular flexibility index (Phi) is 3.65. The number of carbonyl (C=O) groups is 1. The molecule has 1 unspecified atom stereocenters. The molecule has 20 heavy (non-hydrogen) atoms. The van der Waals surface area contributed by atoms with Gasteiger partial charge in [0.15, 0.2) is 0 Å². The molecule has 1 fully saturated rings. The molecule has 1 amide bonds. The predicted octanol–water partition coefficient (Wildman–Crippen LogP) is 1.41. The highest BCUT2D eigenvalue weighted by atomic mass is 35.7. The van der Waals surface area contributed by atoms with Gasteiger partial charge >= 0.3 is 0 Å². The zero-order valence-corrected chi connectivity index (χ0v) is 11.4. The van der Waals surface area contributed by atoms with Gasteiger partial charge in [-0.3, -0.25) is 14.9 Å².